The Bertz CT molecular complexity index is 265. The smallest absolute Gasteiger partial charge is 0.306 e. The van der Waals surface area contributed by atoms with Crippen molar-refractivity contribution in [1.82, 2.24) is 0 Å². The largest absolute Gasteiger partial charge is 1.00 e. The van der Waals surface area contributed by atoms with Crippen LogP contribution in [0.4, 0.5) is 0 Å². The van der Waals surface area contributed by atoms with Crippen LogP contribution in [-0.2, 0) is 28.5 Å². The van der Waals surface area contributed by atoms with Gasteiger partial charge >= 0.3 is 5.97 Å². The molecule has 0 radical (unpaired) electrons. The minimum absolute atomic E-state index is 0. The van der Waals surface area contributed by atoms with Crippen molar-refractivity contribution in [3.63, 3.8) is 0 Å². The minimum atomic E-state index is -0.386. The maximum absolute atomic E-state index is 11.2. The van der Waals surface area contributed by atoms with E-state index in [0.29, 0.717) is 39.6 Å². The Morgan fingerprint density at radius 2 is 1.38 bits per heavy atom. The topological polar surface area (TPSA) is 98.7 Å². The molecule has 8 heteroatoms. The van der Waals surface area contributed by atoms with Gasteiger partial charge in [-0.3, -0.25) is 9.59 Å². The quantitative estimate of drug-likeness (QED) is 0.259. The molecule has 0 aliphatic rings. The number of rotatable bonds is 14. The van der Waals surface area contributed by atoms with Gasteiger partial charge in [0.25, 0.3) is 0 Å². The minimum Gasteiger partial charge on any atom is -1.00 e. The number of Topliss-reactive ketones (excluding diaryl/α,β-unsaturated/α-hetero) is 1. The third kappa shape index (κ3) is 17.2. The number of halogens is 1. The number of hydrogen-bond donors (Lipinski definition) is 1. The van der Waals surface area contributed by atoms with Crippen molar-refractivity contribution >= 4 is 11.8 Å². The van der Waals surface area contributed by atoms with Gasteiger partial charge in [-0.15, -0.1) is 0 Å². The lowest BCUT2D eigenvalue weighted by atomic mass is 10.2. The Morgan fingerprint density at radius 1 is 0.857 bits per heavy atom. The van der Waals surface area contributed by atoms with Gasteiger partial charge in [0.05, 0.1) is 39.5 Å². The first kappa shape index (κ1) is 22.5. The van der Waals surface area contributed by atoms with Crippen LogP contribution in [-0.4, -0.2) is 64.5 Å². The molecule has 0 saturated carbocycles. The number of esters is 1. The fourth-order valence-corrected chi connectivity index (χ4v) is 1.24. The summed E-state index contributed by atoms with van der Waals surface area (Å²) in [6, 6.07) is 0. The molecule has 3 N–H and O–H groups in total. The molecule has 0 aromatic heterocycles. The Hall–Kier alpha value is -0.730. The van der Waals surface area contributed by atoms with Gasteiger partial charge in [-0.1, -0.05) is 0 Å². The van der Waals surface area contributed by atoms with Crippen LogP contribution in [0.3, 0.4) is 0 Å². The molecular weight excluding hydrogens is 302 g/mol. The van der Waals surface area contributed by atoms with Gasteiger partial charge in [0, 0.05) is 13.0 Å². The Kier molecular flexibility index (Phi) is 18.6. The van der Waals surface area contributed by atoms with Crippen molar-refractivity contribution in [2.24, 2.45) is 0 Å². The Balaban J connectivity index is 0. The predicted octanol–water partition coefficient (Wildman–Crippen LogP) is -3.81. The second-order valence-corrected chi connectivity index (χ2v) is 3.93. The standard InChI is InChI=1S/C13H25NO6.ClH/c1-2-17-5-6-18-7-8-19-9-10-20-13(16)4-3-12(15)11-14;/h2-11,14H2,1H3;1H. The summed E-state index contributed by atoms with van der Waals surface area (Å²) in [7, 11) is 0. The number of carbonyl (C=O) groups excluding carboxylic acids is 2. The summed E-state index contributed by atoms with van der Waals surface area (Å²) < 4.78 is 20.5. The van der Waals surface area contributed by atoms with Crippen molar-refractivity contribution < 1.29 is 46.7 Å². The van der Waals surface area contributed by atoms with Crippen LogP contribution in [0.25, 0.3) is 0 Å². The van der Waals surface area contributed by atoms with E-state index in [1.807, 2.05) is 6.92 Å². The molecule has 0 aromatic carbocycles. The normalized spacial score (nSPS) is 10.0. The molecule has 0 amide bonds. The number of hydrogen-bond acceptors (Lipinski definition) is 6. The van der Waals surface area contributed by atoms with Crippen molar-refractivity contribution in [1.29, 1.82) is 0 Å². The number of ketones is 1. The average Bonchev–Trinajstić information content (AvgIpc) is 2.46. The number of ether oxygens (including phenoxy) is 4. The van der Waals surface area contributed by atoms with E-state index in [0.717, 1.165) is 0 Å². The van der Waals surface area contributed by atoms with Crippen LogP contribution >= 0.6 is 0 Å². The van der Waals surface area contributed by atoms with E-state index in [9.17, 15) is 9.59 Å². The maximum atomic E-state index is 11.2. The van der Waals surface area contributed by atoms with E-state index < -0.39 is 0 Å². The van der Waals surface area contributed by atoms with Crippen LogP contribution in [0.2, 0.25) is 0 Å². The summed E-state index contributed by atoms with van der Waals surface area (Å²) in [5.74, 6) is -0.425. The lowest BCUT2D eigenvalue weighted by molar-refractivity contribution is -0.354. The van der Waals surface area contributed by atoms with E-state index in [1.165, 1.54) is 0 Å². The molecule has 21 heavy (non-hydrogen) atoms. The summed E-state index contributed by atoms with van der Waals surface area (Å²) >= 11 is 0. The zero-order chi connectivity index (χ0) is 15.1. The molecular formula is C13H26ClNO6. The fraction of sp³-hybridized carbons (Fsp3) is 0.846. The molecule has 0 saturated heterocycles. The first-order chi connectivity index (χ1) is 9.70. The highest BCUT2D eigenvalue weighted by Gasteiger charge is 2.07. The molecule has 0 bridgehead atoms. The van der Waals surface area contributed by atoms with Gasteiger partial charge in [0.1, 0.15) is 13.2 Å². The molecule has 7 nitrogen and oxygen atoms in total. The first-order valence-corrected chi connectivity index (χ1v) is 6.90. The maximum Gasteiger partial charge on any atom is 0.306 e. The summed E-state index contributed by atoms with van der Waals surface area (Å²) in [4.78, 5) is 22.2. The van der Waals surface area contributed by atoms with Gasteiger partial charge < -0.3 is 37.1 Å². The van der Waals surface area contributed by atoms with E-state index in [2.05, 4.69) is 5.73 Å². The monoisotopic (exact) mass is 327 g/mol. The van der Waals surface area contributed by atoms with Gasteiger partial charge in [-0.2, -0.15) is 0 Å². The highest BCUT2D eigenvalue weighted by atomic mass is 35.5. The third-order valence-electron chi connectivity index (χ3n) is 2.33. The zero-order valence-corrected chi connectivity index (χ0v) is 13.4. The van der Waals surface area contributed by atoms with Crippen LogP contribution in [0.15, 0.2) is 0 Å². The van der Waals surface area contributed by atoms with Crippen molar-refractivity contribution in [3.8, 4) is 0 Å². The van der Waals surface area contributed by atoms with Crippen LogP contribution in [0.5, 0.6) is 0 Å². The molecule has 126 valence electrons. The third-order valence-corrected chi connectivity index (χ3v) is 2.33. The Morgan fingerprint density at radius 3 is 1.90 bits per heavy atom. The van der Waals surface area contributed by atoms with Gasteiger partial charge in [-0.05, 0) is 6.92 Å². The van der Waals surface area contributed by atoms with Gasteiger partial charge in [0.2, 0.25) is 0 Å². The molecule has 0 atom stereocenters. The molecule has 0 aliphatic carbocycles. The average molecular weight is 328 g/mol. The van der Waals surface area contributed by atoms with E-state index >= 15 is 0 Å². The summed E-state index contributed by atoms with van der Waals surface area (Å²) in [6.45, 7) is 5.40. The zero-order valence-electron chi connectivity index (χ0n) is 12.6. The van der Waals surface area contributed by atoms with Crippen molar-refractivity contribution in [2.45, 2.75) is 19.8 Å². The van der Waals surface area contributed by atoms with E-state index in [-0.39, 0.29) is 50.2 Å². The second kappa shape index (κ2) is 17.3. The molecule has 0 aromatic rings. The SMILES string of the molecule is CCOCCOCCOCCOC(=O)CCC(=O)C[NH3+].[Cl-]. The number of carbonyl (C=O) groups is 2. The lowest BCUT2D eigenvalue weighted by Gasteiger charge is -2.07. The van der Waals surface area contributed by atoms with E-state index in [1.54, 1.807) is 0 Å². The first-order valence-electron chi connectivity index (χ1n) is 6.90. The number of quaternary nitrogens is 1. The van der Waals surface area contributed by atoms with Crippen LogP contribution in [0, 0.1) is 0 Å². The summed E-state index contributed by atoms with van der Waals surface area (Å²) in [5, 5.41) is 0. The van der Waals surface area contributed by atoms with Crippen molar-refractivity contribution in [3.05, 3.63) is 0 Å². The Labute approximate surface area is 131 Å². The highest BCUT2D eigenvalue weighted by molar-refractivity contribution is 5.83. The summed E-state index contributed by atoms with van der Waals surface area (Å²) in [6.07, 6.45) is 0.297. The lowest BCUT2D eigenvalue weighted by Crippen LogP contribution is -3.00. The van der Waals surface area contributed by atoms with Crippen LogP contribution < -0.4 is 18.1 Å². The molecule has 0 fully saturated rings. The predicted molar refractivity (Wildman–Crippen MR) is 71.1 cm³/mol. The van der Waals surface area contributed by atoms with Gasteiger partial charge in [0.15, 0.2) is 5.78 Å². The molecule has 0 rings (SSSR count). The fourth-order valence-electron chi connectivity index (χ4n) is 1.24. The van der Waals surface area contributed by atoms with Crippen LogP contribution in [0.1, 0.15) is 19.8 Å². The highest BCUT2D eigenvalue weighted by Crippen LogP contribution is 1.93. The van der Waals surface area contributed by atoms with Gasteiger partial charge in [-0.25, -0.2) is 0 Å². The molecule has 0 unspecified atom stereocenters. The van der Waals surface area contributed by atoms with E-state index in [4.69, 9.17) is 18.9 Å². The second-order valence-electron chi connectivity index (χ2n) is 3.93. The summed E-state index contributed by atoms with van der Waals surface area (Å²) in [5.41, 5.74) is 3.45. The molecule has 0 aliphatic heterocycles. The molecule has 0 heterocycles. The molecule has 0 spiro atoms. The van der Waals surface area contributed by atoms with Crippen molar-refractivity contribution in [2.75, 3.05) is 52.8 Å².